The van der Waals surface area contributed by atoms with Crippen LogP contribution in [0.2, 0.25) is 0 Å². The molecule has 4 aromatic rings. The number of nitrogens with one attached hydrogen (secondary N) is 1. The number of nitrogens with two attached hydrogens (primary N) is 1. The highest BCUT2D eigenvalue weighted by atomic mass is 16.2. The monoisotopic (exact) mass is 428 g/mol. The van der Waals surface area contributed by atoms with E-state index in [0.717, 1.165) is 34.0 Å². The van der Waals surface area contributed by atoms with Crippen molar-refractivity contribution in [3.63, 3.8) is 0 Å². The van der Waals surface area contributed by atoms with Gasteiger partial charge in [0.1, 0.15) is 11.4 Å². The Hall–Kier alpha value is -3.87. The smallest absolute Gasteiger partial charge is 0.253 e. The summed E-state index contributed by atoms with van der Waals surface area (Å²) in [5, 5.41) is 4.11. The molecule has 1 aliphatic rings. The Morgan fingerprint density at radius 1 is 1.09 bits per heavy atom. The van der Waals surface area contributed by atoms with Crippen molar-refractivity contribution in [1.29, 1.82) is 0 Å². The minimum absolute atomic E-state index is 0.0304. The molecule has 0 saturated heterocycles. The summed E-state index contributed by atoms with van der Waals surface area (Å²) in [4.78, 5) is 37.8. The third kappa shape index (κ3) is 3.36. The number of rotatable bonds is 5. The summed E-state index contributed by atoms with van der Waals surface area (Å²) in [5.41, 5.74) is 10.5. The van der Waals surface area contributed by atoms with Crippen molar-refractivity contribution in [1.82, 2.24) is 9.88 Å². The number of anilines is 2. The van der Waals surface area contributed by atoms with Crippen molar-refractivity contribution in [2.75, 3.05) is 17.2 Å². The molecule has 0 unspecified atom stereocenters. The molecule has 1 aromatic heterocycles. The van der Waals surface area contributed by atoms with E-state index in [1.807, 2.05) is 53.0 Å². The predicted octanol–water partition coefficient (Wildman–Crippen LogP) is 1.78. The van der Waals surface area contributed by atoms with Crippen LogP contribution in [-0.4, -0.2) is 17.0 Å². The summed E-state index contributed by atoms with van der Waals surface area (Å²) in [6.07, 6.45) is 3.11. The van der Waals surface area contributed by atoms with Crippen LogP contribution in [0, 0.1) is 0 Å². The van der Waals surface area contributed by atoms with Crippen LogP contribution in [0.25, 0.3) is 10.9 Å². The maximum Gasteiger partial charge on any atom is 0.253 e. The van der Waals surface area contributed by atoms with Crippen molar-refractivity contribution in [2.45, 2.75) is 25.9 Å². The third-order valence-electron chi connectivity index (χ3n) is 6.34. The lowest BCUT2D eigenvalue weighted by Gasteiger charge is -2.32. The average molecular weight is 428 g/mol. The molecule has 0 bridgehead atoms. The number of nitrogen functional groups attached to an aromatic ring is 1. The summed E-state index contributed by atoms with van der Waals surface area (Å²) in [6.45, 7) is 1.62. The number of aryl methyl sites for hydroxylation is 1. The summed E-state index contributed by atoms with van der Waals surface area (Å²) in [5.74, 6) is -0.0304. The molecule has 32 heavy (non-hydrogen) atoms. The van der Waals surface area contributed by atoms with E-state index in [1.54, 1.807) is 0 Å². The highest BCUT2D eigenvalue weighted by Gasteiger charge is 2.26. The second kappa shape index (κ2) is 7.67. The molecule has 0 spiro atoms. The van der Waals surface area contributed by atoms with E-state index in [9.17, 15) is 14.4 Å². The highest BCUT2D eigenvalue weighted by molar-refractivity contribution is 5.89. The molecule has 3 aromatic carbocycles. The molecule has 1 aliphatic heterocycles. The van der Waals surface area contributed by atoms with E-state index in [4.69, 9.17) is 5.73 Å². The molecule has 7 heteroatoms. The number of carbonyl (C=O) groups is 1. The number of benzene rings is 2. The Kier molecular flexibility index (Phi) is 4.81. The van der Waals surface area contributed by atoms with E-state index < -0.39 is 10.9 Å². The topological polar surface area (TPSA) is 97.4 Å². The summed E-state index contributed by atoms with van der Waals surface area (Å²) in [7, 11) is 1.98. The van der Waals surface area contributed by atoms with Gasteiger partial charge in [0.25, 0.3) is 10.9 Å². The molecule has 7 nitrogen and oxygen atoms in total. The molecular weight excluding hydrogens is 404 g/mol. The quantitative estimate of drug-likeness (QED) is 0.472. The lowest BCUT2D eigenvalue weighted by molar-refractivity contribution is -0.120. The van der Waals surface area contributed by atoms with Gasteiger partial charge < -0.3 is 20.5 Å². The number of carbonyl (C=O) groups excluding carboxylic acids is 1. The van der Waals surface area contributed by atoms with Crippen molar-refractivity contribution in [3.05, 3.63) is 91.4 Å². The highest BCUT2D eigenvalue weighted by Crippen LogP contribution is 2.26. The van der Waals surface area contributed by atoms with Crippen LogP contribution in [0.1, 0.15) is 22.3 Å². The van der Waals surface area contributed by atoms with Crippen LogP contribution in [0.3, 0.4) is 0 Å². The van der Waals surface area contributed by atoms with E-state index >= 15 is 0 Å². The number of nitrogens with zero attached hydrogens (tertiary/aromatic N) is 2. The van der Waals surface area contributed by atoms with E-state index in [2.05, 4.69) is 17.4 Å². The second-order valence-electron chi connectivity index (χ2n) is 8.43. The van der Waals surface area contributed by atoms with Gasteiger partial charge in [-0.15, -0.1) is 0 Å². The van der Waals surface area contributed by atoms with Gasteiger partial charge in [0.2, 0.25) is 5.91 Å². The fraction of sp³-hybridized carbons (Fsp3) is 0.240. The SMILES string of the molecule is Cn1cc(CC(=O)NCc2ccc3c(c2)CN(c2c(N)c(=O)c2=O)CC3)c2ccccc21. The predicted molar refractivity (Wildman–Crippen MR) is 125 cm³/mol. The fourth-order valence-electron chi connectivity index (χ4n) is 4.62. The Balaban J connectivity index is 1.26. The normalized spacial score (nSPS) is 13.5. The second-order valence-corrected chi connectivity index (χ2v) is 8.43. The maximum absolute atomic E-state index is 12.6. The minimum atomic E-state index is -0.589. The van der Waals surface area contributed by atoms with Gasteiger partial charge in [-0.05, 0) is 34.7 Å². The lowest BCUT2D eigenvalue weighted by atomic mass is 9.96. The number of hydrogen-bond donors (Lipinski definition) is 2. The molecule has 3 N–H and O–H groups in total. The van der Waals surface area contributed by atoms with Crippen LogP contribution in [-0.2, 0) is 37.8 Å². The van der Waals surface area contributed by atoms with Gasteiger partial charge in [-0.1, -0.05) is 36.4 Å². The van der Waals surface area contributed by atoms with Gasteiger partial charge in [-0.2, -0.15) is 0 Å². The summed E-state index contributed by atoms with van der Waals surface area (Å²) >= 11 is 0. The molecule has 0 saturated carbocycles. The third-order valence-corrected chi connectivity index (χ3v) is 6.34. The first-order valence-corrected chi connectivity index (χ1v) is 10.7. The van der Waals surface area contributed by atoms with Gasteiger partial charge in [0, 0.05) is 43.8 Å². The van der Waals surface area contributed by atoms with Gasteiger partial charge in [0.05, 0.1) is 6.42 Å². The average Bonchev–Trinajstić information content (AvgIpc) is 3.12. The van der Waals surface area contributed by atoms with Crippen molar-refractivity contribution < 1.29 is 4.79 Å². The van der Waals surface area contributed by atoms with Crippen LogP contribution in [0.5, 0.6) is 0 Å². The van der Waals surface area contributed by atoms with Gasteiger partial charge >= 0.3 is 0 Å². The molecule has 162 valence electrons. The molecule has 1 amide bonds. The molecule has 2 heterocycles. The maximum atomic E-state index is 12.6. The Morgan fingerprint density at radius 3 is 2.72 bits per heavy atom. The minimum Gasteiger partial charge on any atom is -0.394 e. The van der Waals surface area contributed by atoms with E-state index in [-0.39, 0.29) is 11.6 Å². The zero-order valence-corrected chi connectivity index (χ0v) is 17.9. The molecule has 0 aliphatic carbocycles. The Morgan fingerprint density at radius 2 is 1.91 bits per heavy atom. The zero-order valence-electron chi connectivity index (χ0n) is 17.9. The standard InChI is InChI=1S/C25H24N4O3/c1-28-13-18(19-4-2-3-5-20(19)28)11-21(30)27-12-15-6-7-16-8-9-29(14-17(16)10-15)23-22(26)24(31)25(23)32/h2-7,10,13H,8-9,11-12,14,26H2,1H3,(H,27,30). The van der Waals surface area contributed by atoms with Crippen LogP contribution >= 0.6 is 0 Å². The molecule has 0 atom stereocenters. The van der Waals surface area contributed by atoms with Crippen molar-refractivity contribution in [3.8, 4) is 0 Å². The van der Waals surface area contributed by atoms with Gasteiger partial charge in [-0.3, -0.25) is 14.4 Å². The first-order chi connectivity index (χ1) is 15.4. The van der Waals surface area contributed by atoms with Crippen LogP contribution in [0.4, 0.5) is 11.4 Å². The first kappa shape index (κ1) is 20.1. The van der Waals surface area contributed by atoms with Crippen molar-refractivity contribution >= 4 is 28.2 Å². The molecule has 0 fully saturated rings. The lowest BCUT2D eigenvalue weighted by Crippen LogP contribution is -2.44. The number of hydrogen-bond acceptors (Lipinski definition) is 5. The number of fused-ring (bicyclic) bond motifs is 2. The number of amides is 1. The van der Waals surface area contributed by atoms with Crippen LogP contribution < -0.4 is 26.8 Å². The van der Waals surface area contributed by atoms with E-state index in [1.165, 1.54) is 5.56 Å². The fourth-order valence-corrected chi connectivity index (χ4v) is 4.62. The van der Waals surface area contributed by atoms with Gasteiger partial charge in [-0.25, -0.2) is 0 Å². The molecular formula is C25H24N4O3. The van der Waals surface area contributed by atoms with E-state index in [0.29, 0.717) is 31.7 Å². The van der Waals surface area contributed by atoms with Crippen molar-refractivity contribution in [2.24, 2.45) is 7.05 Å². The largest absolute Gasteiger partial charge is 0.394 e. The summed E-state index contributed by atoms with van der Waals surface area (Å²) in [6, 6.07) is 14.2. The molecule has 0 radical (unpaired) electrons. The first-order valence-electron chi connectivity index (χ1n) is 10.7. The molecule has 5 rings (SSSR count). The number of aromatic nitrogens is 1. The Labute approximate surface area is 184 Å². The Bertz CT molecular complexity index is 1430. The van der Waals surface area contributed by atoms with Gasteiger partial charge in [0.15, 0.2) is 0 Å². The summed E-state index contributed by atoms with van der Waals surface area (Å²) < 4.78 is 2.04. The zero-order chi connectivity index (χ0) is 22.4. The number of para-hydroxylation sites is 1. The van der Waals surface area contributed by atoms with Crippen LogP contribution in [0.15, 0.2) is 58.3 Å².